The molecule has 0 N–H and O–H groups in total. The number of nitro groups is 1. The minimum atomic E-state index is -0.882. The van der Waals surface area contributed by atoms with E-state index in [1.54, 1.807) is 6.07 Å². The summed E-state index contributed by atoms with van der Waals surface area (Å²) < 4.78 is 9.72. The van der Waals surface area contributed by atoms with Gasteiger partial charge in [-0.1, -0.05) is 38.5 Å². The zero-order valence-electron chi connectivity index (χ0n) is 14.8. The Hall–Kier alpha value is -2.55. The van der Waals surface area contributed by atoms with E-state index in [0.29, 0.717) is 17.9 Å². The molecule has 2 rings (SSSR count). The Morgan fingerprint density at radius 2 is 2.04 bits per heavy atom. The van der Waals surface area contributed by atoms with Crippen LogP contribution < -0.4 is 4.74 Å². The molecule has 25 heavy (non-hydrogen) atoms. The lowest BCUT2D eigenvalue weighted by molar-refractivity contribution is -0.385. The van der Waals surface area contributed by atoms with Gasteiger partial charge in [-0.2, -0.15) is 0 Å². The molecule has 0 spiro atoms. The van der Waals surface area contributed by atoms with E-state index in [2.05, 4.69) is 16.6 Å². The molecule has 134 valence electrons. The average Bonchev–Trinajstić information content (AvgIpc) is 3.09. The van der Waals surface area contributed by atoms with E-state index in [1.807, 2.05) is 13.8 Å². The fourth-order valence-corrected chi connectivity index (χ4v) is 2.96. The summed E-state index contributed by atoms with van der Waals surface area (Å²) in [5, 5.41) is 11.4. The van der Waals surface area contributed by atoms with Crippen molar-refractivity contribution in [3.05, 3.63) is 33.4 Å². The van der Waals surface area contributed by atoms with Crippen molar-refractivity contribution in [2.75, 3.05) is 7.11 Å². The van der Waals surface area contributed by atoms with Crippen LogP contribution in [0.15, 0.2) is 12.1 Å². The number of rotatable bonds is 4. The summed E-state index contributed by atoms with van der Waals surface area (Å²) in [6.07, 6.45) is 3.90. The van der Waals surface area contributed by atoms with Crippen LogP contribution in [-0.2, 0) is 4.74 Å². The van der Waals surface area contributed by atoms with E-state index in [1.165, 1.54) is 13.2 Å². The summed E-state index contributed by atoms with van der Waals surface area (Å²) in [6, 6.07) is 3.00. The third-order valence-corrected chi connectivity index (χ3v) is 4.21. The molecule has 0 heterocycles. The van der Waals surface area contributed by atoms with Crippen molar-refractivity contribution in [2.24, 2.45) is 5.92 Å². The van der Waals surface area contributed by atoms with Crippen LogP contribution in [0.5, 0.6) is 5.75 Å². The van der Waals surface area contributed by atoms with E-state index in [-0.39, 0.29) is 17.4 Å². The Morgan fingerprint density at radius 1 is 1.36 bits per heavy atom. The van der Waals surface area contributed by atoms with Crippen LogP contribution in [0.4, 0.5) is 10.5 Å². The second-order valence-corrected chi connectivity index (χ2v) is 6.60. The number of ether oxygens (including phenoxy) is 2. The monoisotopic (exact) mass is 345 g/mol. The summed E-state index contributed by atoms with van der Waals surface area (Å²) >= 11 is 0. The number of carbonyl (C=O) groups is 1. The molecule has 0 atom stereocenters. The first-order chi connectivity index (χ1) is 11.9. The van der Waals surface area contributed by atoms with Gasteiger partial charge < -0.3 is 9.47 Å². The molecule has 1 aromatic rings. The van der Waals surface area contributed by atoms with Crippen LogP contribution in [0.1, 0.15) is 63.0 Å². The van der Waals surface area contributed by atoms with Gasteiger partial charge in [0.05, 0.1) is 18.1 Å². The highest BCUT2D eigenvalue weighted by Crippen LogP contribution is 2.41. The molecule has 0 amide bonds. The fourth-order valence-electron chi connectivity index (χ4n) is 2.96. The molecule has 1 aromatic carbocycles. The van der Waals surface area contributed by atoms with Crippen molar-refractivity contribution in [1.29, 1.82) is 0 Å². The molecule has 0 aromatic heterocycles. The second kappa shape index (κ2) is 8.52. The normalized spacial score (nSPS) is 14.1. The maximum absolute atomic E-state index is 11.5. The van der Waals surface area contributed by atoms with E-state index < -0.39 is 11.1 Å². The van der Waals surface area contributed by atoms with Crippen LogP contribution in [0.2, 0.25) is 0 Å². The SMILES string of the molecule is COC(=O)Oc1cc([N+](=O)[O-])c(C#CCC(C)C)cc1C1CCCC1. The lowest BCUT2D eigenvalue weighted by Crippen LogP contribution is -2.11. The summed E-state index contributed by atoms with van der Waals surface area (Å²) in [5.41, 5.74) is 1.00. The first-order valence-corrected chi connectivity index (χ1v) is 8.49. The van der Waals surface area contributed by atoms with Crippen LogP contribution in [-0.4, -0.2) is 18.2 Å². The highest BCUT2D eigenvalue weighted by molar-refractivity contribution is 5.67. The van der Waals surface area contributed by atoms with Gasteiger partial charge in [0.2, 0.25) is 0 Å². The first-order valence-electron chi connectivity index (χ1n) is 8.49. The van der Waals surface area contributed by atoms with Crippen LogP contribution in [0, 0.1) is 27.9 Å². The maximum Gasteiger partial charge on any atom is 0.513 e. The highest BCUT2D eigenvalue weighted by Gasteiger charge is 2.26. The minimum Gasteiger partial charge on any atom is -0.437 e. The molecular weight excluding hydrogens is 322 g/mol. The standard InChI is InChI=1S/C19H23NO5/c1-13(2)7-6-10-15-11-16(14-8-4-5-9-14)18(25-19(21)24-3)12-17(15)20(22)23/h11-14H,4-5,7-9H2,1-3H3. The maximum atomic E-state index is 11.5. The summed E-state index contributed by atoms with van der Waals surface area (Å²) in [7, 11) is 1.21. The largest absolute Gasteiger partial charge is 0.513 e. The van der Waals surface area contributed by atoms with Gasteiger partial charge >= 0.3 is 6.16 Å². The van der Waals surface area contributed by atoms with E-state index in [9.17, 15) is 14.9 Å². The summed E-state index contributed by atoms with van der Waals surface area (Å²) in [4.78, 5) is 22.4. The lowest BCUT2D eigenvalue weighted by Gasteiger charge is -2.15. The number of methoxy groups -OCH3 is 1. The lowest BCUT2D eigenvalue weighted by atomic mass is 9.94. The van der Waals surface area contributed by atoms with Gasteiger partial charge in [-0.25, -0.2) is 4.79 Å². The van der Waals surface area contributed by atoms with E-state index in [4.69, 9.17) is 4.74 Å². The molecular formula is C19H23NO5. The fraction of sp³-hybridized carbons (Fsp3) is 0.526. The average molecular weight is 345 g/mol. The molecule has 0 bridgehead atoms. The van der Waals surface area contributed by atoms with Gasteiger partial charge in [0.1, 0.15) is 11.3 Å². The Labute approximate surface area is 147 Å². The van der Waals surface area contributed by atoms with Gasteiger partial charge in [-0.15, -0.1) is 0 Å². The number of nitro benzene ring substituents is 1. The van der Waals surface area contributed by atoms with Gasteiger partial charge in [0.15, 0.2) is 0 Å². The molecule has 1 aliphatic rings. The van der Waals surface area contributed by atoms with Crippen LogP contribution in [0.25, 0.3) is 0 Å². The molecule has 1 aliphatic carbocycles. The molecule has 6 heteroatoms. The third-order valence-electron chi connectivity index (χ3n) is 4.21. The predicted molar refractivity (Wildman–Crippen MR) is 93.7 cm³/mol. The minimum absolute atomic E-state index is 0.156. The molecule has 0 radical (unpaired) electrons. The zero-order chi connectivity index (χ0) is 18.4. The number of benzene rings is 1. The quantitative estimate of drug-likeness (QED) is 0.258. The molecule has 0 aliphatic heterocycles. The first kappa shape index (κ1) is 18.8. The van der Waals surface area contributed by atoms with Crippen LogP contribution >= 0.6 is 0 Å². The van der Waals surface area contributed by atoms with Crippen LogP contribution in [0.3, 0.4) is 0 Å². The smallest absolute Gasteiger partial charge is 0.437 e. The summed E-state index contributed by atoms with van der Waals surface area (Å²) in [6.45, 7) is 4.08. The van der Waals surface area contributed by atoms with Crippen molar-refractivity contribution in [1.82, 2.24) is 0 Å². The molecule has 1 fully saturated rings. The summed E-state index contributed by atoms with van der Waals surface area (Å²) in [5.74, 6) is 6.72. The highest BCUT2D eigenvalue weighted by atomic mass is 16.7. The number of hydrogen-bond acceptors (Lipinski definition) is 5. The topological polar surface area (TPSA) is 78.7 Å². The van der Waals surface area contributed by atoms with E-state index in [0.717, 1.165) is 31.2 Å². The predicted octanol–water partition coefficient (Wildman–Crippen LogP) is 4.80. The van der Waals surface area contributed by atoms with Crippen molar-refractivity contribution in [2.45, 2.75) is 51.9 Å². The Balaban J connectivity index is 2.50. The second-order valence-electron chi connectivity index (χ2n) is 6.60. The van der Waals surface area contributed by atoms with Crippen molar-refractivity contribution in [3.63, 3.8) is 0 Å². The van der Waals surface area contributed by atoms with Gasteiger partial charge in [-0.3, -0.25) is 10.1 Å². The number of nitrogens with zero attached hydrogens (tertiary/aromatic N) is 1. The third kappa shape index (κ3) is 4.96. The number of hydrogen-bond donors (Lipinski definition) is 0. The zero-order valence-corrected chi connectivity index (χ0v) is 14.8. The van der Waals surface area contributed by atoms with Crippen molar-refractivity contribution in [3.8, 4) is 17.6 Å². The molecule has 0 saturated heterocycles. The van der Waals surface area contributed by atoms with Gasteiger partial charge in [0, 0.05) is 6.42 Å². The molecule has 1 saturated carbocycles. The molecule has 6 nitrogen and oxygen atoms in total. The van der Waals surface area contributed by atoms with E-state index >= 15 is 0 Å². The Bertz CT molecular complexity index is 709. The van der Waals surface area contributed by atoms with Gasteiger partial charge in [-0.05, 0) is 36.3 Å². The van der Waals surface area contributed by atoms with Crippen molar-refractivity contribution >= 4 is 11.8 Å². The Kier molecular flexibility index (Phi) is 6.40. The van der Waals surface area contributed by atoms with Gasteiger partial charge in [0.25, 0.3) is 5.69 Å². The Morgan fingerprint density at radius 3 is 2.60 bits per heavy atom. The molecule has 0 unspecified atom stereocenters. The number of carbonyl (C=O) groups excluding carboxylic acids is 1. The van der Waals surface area contributed by atoms with Crippen molar-refractivity contribution < 1.29 is 19.2 Å².